The third kappa shape index (κ3) is 2.81. The summed E-state index contributed by atoms with van der Waals surface area (Å²) < 4.78 is 2.24. The minimum atomic E-state index is 0.530. The van der Waals surface area contributed by atoms with E-state index in [0.29, 0.717) is 12.0 Å². The molecule has 0 spiro atoms. The van der Waals surface area contributed by atoms with Crippen molar-refractivity contribution in [3.8, 4) is 0 Å². The van der Waals surface area contributed by atoms with Gasteiger partial charge in [-0.3, -0.25) is 0 Å². The van der Waals surface area contributed by atoms with Gasteiger partial charge in [0.2, 0.25) is 0 Å². The van der Waals surface area contributed by atoms with Gasteiger partial charge < -0.3 is 9.88 Å². The minimum Gasteiger partial charge on any atom is -0.333 e. The molecule has 0 fully saturated rings. The Balaban J connectivity index is 2.70. The first kappa shape index (κ1) is 12.2. The SMILES string of the molecule is CCC(C)C(Cn1cnc(C)c1C)NC. The molecule has 1 rings (SSSR count). The van der Waals surface area contributed by atoms with Crippen molar-refractivity contribution in [1.82, 2.24) is 14.9 Å². The monoisotopic (exact) mass is 209 g/mol. The van der Waals surface area contributed by atoms with Crippen LogP contribution in [0.25, 0.3) is 0 Å². The summed E-state index contributed by atoms with van der Waals surface area (Å²) >= 11 is 0. The highest BCUT2D eigenvalue weighted by Gasteiger charge is 2.15. The van der Waals surface area contributed by atoms with Crippen LogP contribution in [0.1, 0.15) is 31.7 Å². The van der Waals surface area contributed by atoms with Crippen molar-refractivity contribution in [2.24, 2.45) is 5.92 Å². The van der Waals surface area contributed by atoms with Crippen LogP contribution in [-0.2, 0) is 6.54 Å². The van der Waals surface area contributed by atoms with Gasteiger partial charge in [0, 0.05) is 18.3 Å². The van der Waals surface area contributed by atoms with Crippen LogP contribution in [0.3, 0.4) is 0 Å². The number of nitrogens with zero attached hydrogens (tertiary/aromatic N) is 2. The van der Waals surface area contributed by atoms with E-state index < -0.39 is 0 Å². The zero-order chi connectivity index (χ0) is 11.4. The zero-order valence-electron chi connectivity index (χ0n) is 10.5. The molecule has 0 saturated heterocycles. The average Bonchev–Trinajstić information content (AvgIpc) is 2.56. The maximum Gasteiger partial charge on any atom is 0.0951 e. The highest BCUT2D eigenvalue weighted by Crippen LogP contribution is 2.12. The lowest BCUT2D eigenvalue weighted by atomic mass is 9.99. The van der Waals surface area contributed by atoms with E-state index in [1.54, 1.807) is 0 Å². The molecule has 0 saturated carbocycles. The lowest BCUT2D eigenvalue weighted by molar-refractivity contribution is 0.346. The third-order valence-corrected chi connectivity index (χ3v) is 3.44. The molecule has 1 aromatic rings. The molecule has 86 valence electrons. The van der Waals surface area contributed by atoms with Gasteiger partial charge in [-0.25, -0.2) is 4.98 Å². The molecule has 2 unspecified atom stereocenters. The largest absolute Gasteiger partial charge is 0.333 e. The fourth-order valence-corrected chi connectivity index (χ4v) is 1.78. The smallest absolute Gasteiger partial charge is 0.0951 e. The fourth-order valence-electron chi connectivity index (χ4n) is 1.78. The van der Waals surface area contributed by atoms with Gasteiger partial charge in [0.1, 0.15) is 0 Å². The van der Waals surface area contributed by atoms with Crippen LogP contribution in [0.15, 0.2) is 6.33 Å². The van der Waals surface area contributed by atoms with Crippen molar-refractivity contribution in [2.75, 3.05) is 7.05 Å². The summed E-state index contributed by atoms with van der Waals surface area (Å²) in [6, 6.07) is 0.530. The van der Waals surface area contributed by atoms with Crippen LogP contribution in [0.5, 0.6) is 0 Å². The van der Waals surface area contributed by atoms with Gasteiger partial charge in [-0.05, 0) is 26.8 Å². The highest BCUT2D eigenvalue weighted by molar-refractivity contribution is 5.08. The average molecular weight is 209 g/mol. The maximum atomic E-state index is 4.32. The Hall–Kier alpha value is -0.830. The van der Waals surface area contributed by atoms with Gasteiger partial charge in [0.15, 0.2) is 0 Å². The normalized spacial score (nSPS) is 15.3. The standard InChI is InChI=1S/C12H23N3/c1-6-9(2)12(13-5)7-15-8-14-10(3)11(15)4/h8-9,12-13H,6-7H2,1-5H3. The van der Waals surface area contributed by atoms with E-state index >= 15 is 0 Å². The summed E-state index contributed by atoms with van der Waals surface area (Å²) in [7, 11) is 2.04. The first-order valence-electron chi connectivity index (χ1n) is 5.75. The minimum absolute atomic E-state index is 0.530. The molecule has 2 atom stereocenters. The Morgan fingerprint density at radius 1 is 1.47 bits per heavy atom. The molecule has 0 aliphatic carbocycles. The number of nitrogens with one attached hydrogen (secondary N) is 1. The second-order valence-electron chi connectivity index (χ2n) is 4.35. The van der Waals surface area contributed by atoms with Crippen molar-refractivity contribution >= 4 is 0 Å². The van der Waals surface area contributed by atoms with Gasteiger partial charge in [0.05, 0.1) is 12.0 Å². The predicted molar refractivity (Wildman–Crippen MR) is 64.0 cm³/mol. The summed E-state index contributed by atoms with van der Waals surface area (Å²) in [4.78, 5) is 4.32. The Labute approximate surface area is 92.9 Å². The molecule has 0 aliphatic rings. The number of aryl methyl sites for hydroxylation is 1. The molecule has 0 radical (unpaired) electrons. The van der Waals surface area contributed by atoms with E-state index in [4.69, 9.17) is 0 Å². The Morgan fingerprint density at radius 2 is 2.13 bits per heavy atom. The Kier molecular flexibility index (Phi) is 4.33. The summed E-state index contributed by atoms with van der Waals surface area (Å²) in [5, 5.41) is 3.39. The third-order valence-electron chi connectivity index (χ3n) is 3.44. The molecule has 1 aromatic heterocycles. The van der Waals surface area contributed by atoms with Crippen molar-refractivity contribution in [1.29, 1.82) is 0 Å². The Bertz CT molecular complexity index is 304. The second kappa shape index (κ2) is 5.31. The molecule has 0 aromatic carbocycles. The topological polar surface area (TPSA) is 29.9 Å². The Morgan fingerprint density at radius 3 is 2.53 bits per heavy atom. The van der Waals surface area contributed by atoms with E-state index in [2.05, 4.69) is 42.6 Å². The van der Waals surface area contributed by atoms with Crippen LogP contribution >= 0.6 is 0 Å². The number of aromatic nitrogens is 2. The van der Waals surface area contributed by atoms with Gasteiger partial charge in [-0.1, -0.05) is 20.3 Å². The molecular weight excluding hydrogens is 186 g/mol. The zero-order valence-corrected chi connectivity index (χ0v) is 10.5. The molecule has 15 heavy (non-hydrogen) atoms. The number of likely N-dealkylation sites (N-methyl/N-ethyl adjacent to an activating group) is 1. The lowest BCUT2D eigenvalue weighted by Gasteiger charge is -2.23. The number of rotatable bonds is 5. The predicted octanol–water partition coefficient (Wildman–Crippen LogP) is 2.13. The van der Waals surface area contributed by atoms with Gasteiger partial charge in [0.25, 0.3) is 0 Å². The van der Waals surface area contributed by atoms with Crippen molar-refractivity contribution in [3.63, 3.8) is 0 Å². The van der Waals surface area contributed by atoms with Crippen molar-refractivity contribution < 1.29 is 0 Å². The van der Waals surface area contributed by atoms with Gasteiger partial charge in [-0.2, -0.15) is 0 Å². The summed E-state index contributed by atoms with van der Waals surface area (Å²) in [5.74, 6) is 0.692. The van der Waals surface area contributed by atoms with Crippen molar-refractivity contribution in [2.45, 2.75) is 46.7 Å². The molecule has 1 heterocycles. The highest BCUT2D eigenvalue weighted by atomic mass is 15.1. The van der Waals surface area contributed by atoms with E-state index in [-0.39, 0.29) is 0 Å². The van der Waals surface area contributed by atoms with E-state index in [9.17, 15) is 0 Å². The maximum absolute atomic E-state index is 4.32. The first-order chi connectivity index (χ1) is 7.10. The van der Waals surface area contributed by atoms with Crippen LogP contribution in [0.4, 0.5) is 0 Å². The molecule has 0 amide bonds. The summed E-state index contributed by atoms with van der Waals surface area (Å²) in [6.45, 7) is 9.73. The van der Waals surface area contributed by atoms with Crippen LogP contribution < -0.4 is 5.32 Å². The molecule has 3 nitrogen and oxygen atoms in total. The lowest BCUT2D eigenvalue weighted by Crippen LogP contribution is -2.36. The molecule has 0 bridgehead atoms. The number of imidazole rings is 1. The second-order valence-corrected chi connectivity index (χ2v) is 4.35. The fraction of sp³-hybridized carbons (Fsp3) is 0.750. The van der Waals surface area contributed by atoms with E-state index in [1.165, 1.54) is 12.1 Å². The summed E-state index contributed by atoms with van der Waals surface area (Å²) in [5.41, 5.74) is 2.41. The van der Waals surface area contributed by atoms with Crippen LogP contribution in [-0.4, -0.2) is 22.6 Å². The number of hydrogen-bond donors (Lipinski definition) is 1. The first-order valence-corrected chi connectivity index (χ1v) is 5.75. The molecular formula is C12H23N3. The van der Waals surface area contributed by atoms with Crippen LogP contribution in [0.2, 0.25) is 0 Å². The van der Waals surface area contributed by atoms with Crippen molar-refractivity contribution in [3.05, 3.63) is 17.7 Å². The molecule has 3 heteroatoms. The van der Waals surface area contributed by atoms with Gasteiger partial charge >= 0.3 is 0 Å². The quantitative estimate of drug-likeness (QED) is 0.805. The summed E-state index contributed by atoms with van der Waals surface area (Å²) in [6.07, 6.45) is 3.15. The van der Waals surface area contributed by atoms with E-state index in [1.807, 2.05) is 13.4 Å². The number of hydrogen-bond acceptors (Lipinski definition) is 2. The van der Waals surface area contributed by atoms with E-state index in [0.717, 1.165) is 12.2 Å². The molecule has 0 aliphatic heterocycles. The van der Waals surface area contributed by atoms with Gasteiger partial charge in [-0.15, -0.1) is 0 Å². The molecule has 1 N–H and O–H groups in total. The van der Waals surface area contributed by atoms with Crippen LogP contribution in [0, 0.1) is 19.8 Å².